The predicted molar refractivity (Wildman–Crippen MR) is 203 cm³/mol. The Hall–Kier alpha value is -6.10. The van der Waals surface area contributed by atoms with Crippen molar-refractivity contribution < 1.29 is 0 Å². The van der Waals surface area contributed by atoms with Crippen LogP contribution in [0.25, 0.3) is 92.3 Å². The van der Waals surface area contributed by atoms with E-state index in [2.05, 4.69) is 156 Å². The Morgan fingerprint density at radius 1 is 0.417 bits per heavy atom. The SMILES string of the molecule is c1ccc(-c2nc(-n3c4ccccc4c4cccc(-c5cccc(-c6ccc7sc8ccccc8c7c6)c5)c43)nc3ccccc23)cc1. The molecule has 0 aliphatic rings. The molecule has 48 heavy (non-hydrogen) atoms. The Morgan fingerprint density at radius 2 is 1.08 bits per heavy atom. The van der Waals surface area contributed by atoms with Gasteiger partial charge in [0.2, 0.25) is 5.95 Å². The van der Waals surface area contributed by atoms with Crippen LogP contribution in [0.15, 0.2) is 164 Å². The number of benzene rings is 7. The quantitative estimate of drug-likeness (QED) is 0.194. The fourth-order valence-corrected chi connectivity index (χ4v) is 8.30. The molecule has 0 N–H and O–H groups in total. The summed E-state index contributed by atoms with van der Waals surface area (Å²) in [4.78, 5) is 10.5. The minimum absolute atomic E-state index is 0.664. The first-order chi connectivity index (χ1) is 23.8. The van der Waals surface area contributed by atoms with Gasteiger partial charge in [0.25, 0.3) is 0 Å². The van der Waals surface area contributed by atoms with Crippen LogP contribution in [0.4, 0.5) is 0 Å². The van der Waals surface area contributed by atoms with E-state index in [1.54, 1.807) is 0 Å². The maximum absolute atomic E-state index is 5.32. The Kier molecular flexibility index (Phi) is 6.05. The summed E-state index contributed by atoms with van der Waals surface area (Å²) >= 11 is 1.85. The molecule has 0 spiro atoms. The lowest BCUT2D eigenvalue weighted by atomic mass is 9.96. The molecule has 3 nitrogen and oxygen atoms in total. The van der Waals surface area contributed by atoms with Gasteiger partial charge in [0, 0.05) is 47.5 Å². The second-order valence-electron chi connectivity index (χ2n) is 12.2. The molecular weight excluding hydrogens is 603 g/mol. The van der Waals surface area contributed by atoms with E-state index in [4.69, 9.17) is 9.97 Å². The molecule has 3 aromatic heterocycles. The zero-order chi connectivity index (χ0) is 31.6. The van der Waals surface area contributed by atoms with E-state index in [9.17, 15) is 0 Å². The lowest BCUT2D eigenvalue weighted by molar-refractivity contribution is 1.01. The van der Waals surface area contributed by atoms with Crippen LogP contribution >= 0.6 is 11.3 Å². The van der Waals surface area contributed by atoms with Crippen LogP contribution in [0.5, 0.6) is 0 Å². The van der Waals surface area contributed by atoms with Crippen molar-refractivity contribution in [3.8, 4) is 39.5 Å². The van der Waals surface area contributed by atoms with Gasteiger partial charge >= 0.3 is 0 Å². The maximum atomic E-state index is 5.32. The van der Waals surface area contributed by atoms with Gasteiger partial charge in [0.1, 0.15) is 0 Å². The zero-order valence-corrected chi connectivity index (χ0v) is 26.7. The summed E-state index contributed by atoms with van der Waals surface area (Å²) < 4.78 is 4.90. The second-order valence-corrected chi connectivity index (χ2v) is 13.3. The maximum Gasteiger partial charge on any atom is 0.235 e. The van der Waals surface area contributed by atoms with E-state index < -0.39 is 0 Å². The number of fused-ring (bicyclic) bond motifs is 7. The molecule has 7 aromatic carbocycles. The third kappa shape index (κ3) is 4.20. The minimum Gasteiger partial charge on any atom is -0.277 e. The standard InChI is InChI=1S/C44H27N3S/c1-2-12-28(13-3-1)42-36-18-4-7-21-38(36)45-44(46-42)47-39-22-8-5-16-33(39)35-20-11-19-32(43(35)47)31-15-10-14-29(26-31)30-24-25-41-37(27-30)34-17-6-9-23-40(34)48-41/h1-27H. The molecule has 0 saturated carbocycles. The molecule has 4 heteroatoms. The molecule has 0 saturated heterocycles. The number of hydrogen-bond donors (Lipinski definition) is 0. The van der Waals surface area contributed by atoms with Crippen LogP contribution < -0.4 is 0 Å². The van der Waals surface area contributed by atoms with Crippen molar-refractivity contribution in [2.45, 2.75) is 0 Å². The highest BCUT2D eigenvalue weighted by Crippen LogP contribution is 2.40. The van der Waals surface area contributed by atoms with Crippen molar-refractivity contribution in [1.82, 2.24) is 14.5 Å². The summed E-state index contributed by atoms with van der Waals surface area (Å²) in [6.07, 6.45) is 0. The Morgan fingerprint density at radius 3 is 2.00 bits per heavy atom. The number of rotatable bonds is 4. The molecule has 10 aromatic rings. The lowest BCUT2D eigenvalue weighted by Gasteiger charge is -2.14. The summed E-state index contributed by atoms with van der Waals surface area (Å²) in [5, 5.41) is 6.02. The van der Waals surface area contributed by atoms with Gasteiger partial charge in [0.15, 0.2) is 0 Å². The first-order valence-corrected chi connectivity index (χ1v) is 17.0. The van der Waals surface area contributed by atoms with Gasteiger partial charge in [-0.2, -0.15) is 0 Å². The van der Waals surface area contributed by atoms with Crippen LogP contribution in [0, 0.1) is 0 Å². The molecule has 0 fully saturated rings. The molecule has 10 rings (SSSR count). The summed E-state index contributed by atoms with van der Waals surface area (Å²) in [6.45, 7) is 0. The molecule has 0 unspecified atom stereocenters. The summed E-state index contributed by atoms with van der Waals surface area (Å²) in [5.41, 5.74) is 9.81. The Bertz CT molecular complexity index is 2840. The first-order valence-electron chi connectivity index (χ1n) is 16.2. The normalized spacial score (nSPS) is 11.8. The van der Waals surface area contributed by atoms with Crippen molar-refractivity contribution in [3.05, 3.63) is 164 Å². The highest BCUT2D eigenvalue weighted by atomic mass is 32.1. The van der Waals surface area contributed by atoms with Crippen molar-refractivity contribution >= 4 is 64.2 Å². The number of para-hydroxylation sites is 3. The summed E-state index contributed by atoms with van der Waals surface area (Å²) in [5.74, 6) is 0.664. The number of nitrogens with zero attached hydrogens (tertiary/aromatic N) is 3. The van der Waals surface area contributed by atoms with Gasteiger partial charge in [-0.25, -0.2) is 9.97 Å². The van der Waals surface area contributed by atoms with Crippen molar-refractivity contribution in [2.24, 2.45) is 0 Å². The summed E-state index contributed by atoms with van der Waals surface area (Å²) in [7, 11) is 0. The fraction of sp³-hybridized carbons (Fsp3) is 0. The molecule has 0 radical (unpaired) electrons. The lowest BCUT2D eigenvalue weighted by Crippen LogP contribution is -2.04. The van der Waals surface area contributed by atoms with E-state index in [1.807, 2.05) is 23.5 Å². The Balaban J connectivity index is 1.22. The molecular formula is C44H27N3S. The molecule has 0 bridgehead atoms. The number of thiophene rings is 1. The molecule has 0 atom stereocenters. The average Bonchev–Trinajstić information content (AvgIpc) is 3.70. The summed E-state index contributed by atoms with van der Waals surface area (Å²) in [6, 6.07) is 58.4. The average molecular weight is 630 g/mol. The van der Waals surface area contributed by atoms with Gasteiger partial charge in [-0.1, -0.05) is 127 Å². The smallest absolute Gasteiger partial charge is 0.235 e. The zero-order valence-electron chi connectivity index (χ0n) is 25.8. The van der Waals surface area contributed by atoms with Gasteiger partial charge in [-0.3, -0.25) is 4.57 Å². The highest BCUT2D eigenvalue weighted by Gasteiger charge is 2.20. The third-order valence-electron chi connectivity index (χ3n) is 9.42. The fourth-order valence-electron chi connectivity index (χ4n) is 7.21. The van der Waals surface area contributed by atoms with E-state index in [1.165, 1.54) is 42.1 Å². The molecule has 0 amide bonds. The molecule has 0 aliphatic carbocycles. The number of aromatic nitrogens is 3. The van der Waals surface area contributed by atoms with Crippen LogP contribution in [-0.4, -0.2) is 14.5 Å². The monoisotopic (exact) mass is 629 g/mol. The van der Waals surface area contributed by atoms with Crippen LogP contribution in [0.2, 0.25) is 0 Å². The minimum atomic E-state index is 0.664. The third-order valence-corrected chi connectivity index (χ3v) is 10.6. The van der Waals surface area contributed by atoms with Crippen LogP contribution in [0.3, 0.4) is 0 Å². The van der Waals surface area contributed by atoms with Gasteiger partial charge in [0.05, 0.1) is 22.2 Å². The van der Waals surface area contributed by atoms with Crippen molar-refractivity contribution in [1.29, 1.82) is 0 Å². The topological polar surface area (TPSA) is 30.7 Å². The molecule has 224 valence electrons. The Labute approximate surface area is 281 Å². The van der Waals surface area contributed by atoms with Gasteiger partial charge in [-0.15, -0.1) is 11.3 Å². The van der Waals surface area contributed by atoms with Gasteiger partial charge < -0.3 is 0 Å². The van der Waals surface area contributed by atoms with E-state index in [0.717, 1.165) is 44.3 Å². The first kappa shape index (κ1) is 27.1. The predicted octanol–water partition coefficient (Wildman–Crippen LogP) is 12.1. The van der Waals surface area contributed by atoms with Crippen molar-refractivity contribution in [3.63, 3.8) is 0 Å². The second kappa shape index (κ2) is 10.7. The van der Waals surface area contributed by atoms with E-state index in [-0.39, 0.29) is 0 Å². The van der Waals surface area contributed by atoms with E-state index >= 15 is 0 Å². The highest BCUT2D eigenvalue weighted by molar-refractivity contribution is 7.25. The van der Waals surface area contributed by atoms with Gasteiger partial charge in [-0.05, 0) is 53.1 Å². The van der Waals surface area contributed by atoms with E-state index in [0.29, 0.717) is 5.95 Å². The molecule has 3 heterocycles. The van der Waals surface area contributed by atoms with Crippen LogP contribution in [0.1, 0.15) is 0 Å². The van der Waals surface area contributed by atoms with Crippen molar-refractivity contribution in [2.75, 3.05) is 0 Å². The largest absolute Gasteiger partial charge is 0.277 e. The molecule has 0 aliphatic heterocycles. The van der Waals surface area contributed by atoms with Crippen LogP contribution in [-0.2, 0) is 0 Å². The number of hydrogen-bond acceptors (Lipinski definition) is 3.